The van der Waals surface area contributed by atoms with Crippen molar-refractivity contribution in [3.05, 3.63) is 35.9 Å². The first-order valence-electron chi connectivity index (χ1n) is 4.08. The molecule has 0 heterocycles. The van der Waals surface area contributed by atoms with Crippen molar-refractivity contribution in [1.29, 1.82) is 0 Å². The van der Waals surface area contributed by atoms with Crippen molar-refractivity contribution in [2.45, 2.75) is 5.75 Å². The fourth-order valence-corrected chi connectivity index (χ4v) is 1.96. The van der Waals surface area contributed by atoms with Crippen LogP contribution in [0.2, 0.25) is 0 Å². The zero-order valence-electron chi connectivity index (χ0n) is 7.86. The van der Waals surface area contributed by atoms with Crippen molar-refractivity contribution in [1.82, 2.24) is 4.90 Å². The Morgan fingerprint density at radius 3 is 2.46 bits per heavy atom. The molecule has 0 fully saturated rings. The molecule has 0 aromatic heterocycles. The molecule has 0 saturated carbocycles. The molecule has 0 bridgehead atoms. The Bertz CT molecular complexity index is 272. The van der Waals surface area contributed by atoms with Gasteiger partial charge in [0, 0.05) is 0 Å². The van der Waals surface area contributed by atoms with Gasteiger partial charge in [0.15, 0.2) is 0 Å². The second-order valence-corrected chi connectivity index (χ2v) is 5.29. The standard InChI is InChI=1S/C10H13NSSe/c1-11(2)10(13)12-8-9-6-4-3-5-7-9/h3-7H,8H2,1-2H3. The minimum atomic E-state index is 1.03. The molecule has 0 atom stereocenters. The van der Waals surface area contributed by atoms with Crippen molar-refractivity contribution >= 4 is 31.2 Å². The van der Waals surface area contributed by atoms with Crippen LogP contribution in [0.5, 0.6) is 0 Å². The van der Waals surface area contributed by atoms with Crippen molar-refractivity contribution < 1.29 is 0 Å². The number of benzene rings is 1. The Morgan fingerprint density at radius 2 is 1.92 bits per heavy atom. The normalized spacial score (nSPS) is 9.69. The van der Waals surface area contributed by atoms with Gasteiger partial charge in [0.25, 0.3) is 0 Å². The summed E-state index contributed by atoms with van der Waals surface area (Å²) in [6, 6.07) is 10.5. The van der Waals surface area contributed by atoms with E-state index in [1.54, 1.807) is 0 Å². The van der Waals surface area contributed by atoms with Crippen LogP contribution >= 0.6 is 11.8 Å². The molecule has 1 aromatic carbocycles. The molecule has 13 heavy (non-hydrogen) atoms. The first-order valence-corrected chi connectivity index (χ1v) is 5.92. The molecule has 0 aliphatic rings. The van der Waals surface area contributed by atoms with Gasteiger partial charge in [-0.15, -0.1) is 0 Å². The SMILES string of the molecule is CN(C)C(=[Se])SCc1ccccc1. The Balaban J connectivity index is 2.40. The number of nitrogens with zero attached hydrogens (tertiary/aromatic N) is 1. The van der Waals surface area contributed by atoms with Crippen LogP contribution in [0, 0.1) is 0 Å². The molecule has 1 rings (SSSR count). The summed E-state index contributed by atoms with van der Waals surface area (Å²) in [6.07, 6.45) is 0. The molecule has 0 spiro atoms. The zero-order chi connectivity index (χ0) is 9.68. The third kappa shape index (κ3) is 3.99. The predicted molar refractivity (Wildman–Crippen MR) is 62.2 cm³/mol. The van der Waals surface area contributed by atoms with Crippen LogP contribution in [0.25, 0.3) is 0 Å². The number of hydrogen-bond acceptors (Lipinski definition) is 2. The molecular weight excluding hydrogens is 245 g/mol. The Kier molecular flexibility index (Phi) is 4.57. The second-order valence-electron chi connectivity index (χ2n) is 2.93. The quantitative estimate of drug-likeness (QED) is 0.757. The van der Waals surface area contributed by atoms with Crippen molar-refractivity contribution in [2.75, 3.05) is 14.1 Å². The third-order valence-electron chi connectivity index (χ3n) is 1.57. The first kappa shape index (κ1) is 10.8. The van der Waals surface area contributed by atoms with Gasteiger partial charge in [0.05, 0.1) is 0 Å². The molecule has 0 radical (unpaired) electrons. The van der Waals surface area contributed by atoms with E-state index in [1.165, 1.54) is 9.44 Å². The summed E-state index contributed by atoms with van der Waals surface area (Å²) >= 11 is 4.88. The van der Waals surface area contributed by atoms with E-state index in [2.05, 4.69) is 44.7 Å². The van der Waals surface area contributed by atoms with E-state index in [-0.39, 0.29) is 0 Å². The Hall–Kier alpha value is -0.241. The van der Waals surface area contributed by atoms with Gasteiger partial charge in [0.2, 0.25) is 0 Å². The molecule has 1 aromatic rings. The third-order valence-corrected chi connectivity index (χ3v) is 4.17. The second kappa shape index (κ2) is 5.48. The maximum absolute atomic E-state index is 3.05. The van der Waals surface area contributed by atoms with E-state index < -0.39 is 0 Å². The van der Waals surface area contributed by atoms with Gasteiger partial charge in [-0.2, -0.15) is 0 Å². The summed E-state index contributed by atoms with van der Waals surface area (Å²) in [6.45, 7) is 0. The van der Waals surface area contributed by atoms with Gasteiger partial charge in [0.1, 0.15) is 0 Å². The molecule has 0 unspecified atom stereocenters. The molecule has 0 saturated heterocycles. The van der Waals surface area contributed by atoms with Gasteiger partial charge < -0.3 is 0 Å². The molecule has 0 aliphatic carbocycles. The zero-order valence-corrected chi connectivity index (χ0v) is 10.4. The van der Waals surface area contributed by atoms with E-state index in [1.807, 2.05) is 31.9 Å². The van der Waals surface area contributed by atoms with E-state index in [4.69, 9.17) is 0 Å². The summed E-state index contributed by atoms with van der Waals surface area (Å²) in [5.41, 5.74) is 1.36. The summed E-state index contributed by atoms with van der Waals surface area (Å²) in [5.74, 6) is 1.03. The van der Waals surface area contributed by atoms with Gasteiger partial charge >= 0.3 is 91.9 Å². The molecule has 1 nitrogen and oxygen atoms in total. The summed E-state index contributed by atoms with van der Waals surface area (Å²) in [4.78, 5) is 2.09. The van der Waals surface area contributed by atoms with E-state index in [9.17, 15) is 0 Å². The van der Waals surface area contributed by atoms with Crippen molar-refractivity contribution in [3.8, 4) is 0 Å². The fraction of sp³-hybridized carbons (Fsp3) is 0.300. The van der Waals surface area contributed by atoms with Crippen LogP contribution in [0.1, 0.15) is 5.56 Å². The summed E-state index contributed by atoms with van der Waals surface area (Å²) in [7, 11) is 4.09. The van der Waals surface area contributed by atoms with Crippen LogP contribution < -0.4 is 0 Å². The minimum absolute atomic E-state index is 1.03. The summed E-state index contributed by atoms with van der Waals surface area (Å²) in [5, 5.41) is 0. The Labute approximate surface area is 91.9 Å². The topological polar surface area (TPSA) is 3.24 Å². The predicted octanol–water partition coefficient (Wildman–Crippen LogP) is 1.74. The number of hydrogen-bond donors (Lipinski definition) is 0. The molecule has 70 valence electrons. The number of rotatable bonds is 4. The van der Waals surface area contributed by atoms with Crippen LogP contribution in [-0.2, 0) is 5.75 Å². The van der Waals surface area contributed by atoms with Crippen LogP contribution in [-0.4, -0.2) is 38.4 Å². The molecule has 0 N–H and O–H groups in total. The van der Waals surface area contributed by atoms with Crippen LogP contribution in [0.3, 0.4) is 0 Å². The van der Waals surface area contributed by atoms with E-state index in [0.29, 0.717) is 0 Å². The van der Waals surface area contributed by atoms with Gasteiger partial charge in [-0.25, -0.2) is 0 Å². The molecule has 0 amide bonds. The van der Waals surface area contributed by atoms with E-state index in [0.717, 1.165) is 5.75 Å². The monoisotopic (exact) mass is 259 g/mol. The molecule has 0 aliphatic heterocycles. The van der Waals surface area contributed by atoms with E-state index >= 15 is 0 Å². The van der Waals surface area contributed by atoms with Crippen molar-refractivity contribution in [3.63, 3.8) is 0 Å². The number of thioether (sulfide) groups is 1. The fourth-order valence-electron chi connectivity index (χ4n) is 0.848. The molecule has 3 heteroatoms. The van der Waals surface area contributed by atoms with Crippen LogP contribution in [0.4, 0.5) is 0 Å². The van der Waals surface area contributed by atoms with Gasteiger partial charge in [-0.05, 0) is 0 Å². The van der Waals surface area contributed by atoms with Crippen LogP contribution in [0.15, 0.2) is 30.3 Å². The summed E-state index contributed by atoms with van der Waals surface area (Å²) < 4.78 is 1.23. The first-order chi connectivity index (χ1) is 6.20. The van der Waals surface area contributed by atoms with Gasteiger partial charge in [-0.3, -0.25) is 0 Å². The van der Waals surface area contributed by atoms with Gasteiger partial charge in [-0.1, -0.05) is 0 Å². The maximum atomic E-state index is 3.05. The average Bonchev–Trinajstić information content (AvgIpc) is 2.15. The van der Waals surface area contributed by atoms with Crippen molar-refractivity contribution in [2.24, 2.45) is 0 Å². The Morgan fingerprint density at radius 1 is 1.31 bits per heavy atom. The molecular formula is C10H13NSSe. The average molecular weight is 258 g/mol.